The van der Waals surface area contributed by atoms with Gasteiger partial charge in [-0.05, 0) is 38.6 Å². The summed E-state index contributed by atoms with van der Waals surface area (Å²) < 4.78 is 0. The monoisotopic (exact) mass is 155 g/mol. The van der Waals surface area contributed by atoms with Crippen molar-refractivity contribution >= 4 is 0 Å². The smallest absolute Gasteiger partial charge is 0.0445 e. The van der Waals surface area contributed by atoms with E-state index in [1.165, 1.54) is 19.3 Å². The SMILES string of the molecule is CN1C(CCO)CC2CC1C2. The minimum atomic E-state index is 0.356. The van der Waals surface area contributed by atoms with Crippen LogP contribution in [-0.2, 0) is 0 Å². The van der Waals surface area contributed by atoms with Crippen LogP contribution in [0.2, 0.25) is 0 Å². The summed E-state index contributed by atoms with van der Waals surface area (Å²) >= 11 is 0. The van der Waals surface area contributed by atoms with E-state index in [9.17, 15) is 0 Å². The minimum absolute atomic E-state index is 0.356. The Bertz CT molecular complexity index is 142. The van der Waals surface area contributed by atoms with E-state index < -0.39 is 0 Å². The maximum atomic E-state index is 8.81. The Kier molecular flexibility index (Phi) is 1.90. The van der Waals surface area contributed by atoms with Crippen molar-refractivity contribution in [3.63, 3.8) is 0 Å². The molecule has 2 bridgehead atoms. The van der Waals surface area contributed by atoms with E-state index in [1.807, 2.05) is 0 Å². The van der Waals surface area contributed by atoms with Crippen LogP contribution in [0.3, 0.4) is 0 Å². The maximum Gasteiger partial charge on any atom is 0.0445 e. The molecule has 0 aromatic heterocycles. The van der Waals surface area contributed by atoms with Crippen molar-refractivity contribution in [3.05, 3.63) is 0 Å². The fraction of sp³-hybridized carbons (Fsp3) is 1.00. The van der Waals surface area contributed by atoms with Crippen LogP contribution in [0.5, 0.6) is 0 Å². The van der Waals surface area contributed by atoms with Crippen LogP contribution in [0.15, 0.2) is 0 Å². The van der Waals surface area contributed by atoms with Gasteiger partial charge in [0.15, 0.2) is 0 Å². The molecule has 3 fully saturated rings. The molecule has 2 nitrogen and oxygen atoms in total. The lowest BCUT2D eigenvalue weighted by atomic mass is 9.70. The van der Waals surface area contributed by atoms with E-state index in [2.05, 4.69) is 11.9 Å². The number of aliphatic hydroxyl groups excluding tert-OH is 1. The molecule has 0 aromatic carbocycles. The topological polar surface area (TPSA) is 23.5 Å². The molecule has 0 spiro atoms. The molecule has 11 heavy (non-hydrogen) atoms. The molecule has 3 aliphatic rings. The number of piperidine rings is 2. The van der Waals surface area contributed by atoms with Gasteiger partial charge in [0.25, 0.3) is 0 Å². The highest BCUT2D eigenvalue weighted by atomic mass is 16.3. The molecule has 1 atom stereocenters. The summed E-state index contributed by atoms with van der Waals surface area (Å²) in [6.07, 6.45) is 5.13. The summed E-state index contributed by atoms with van der Waals surface area (Å²) in [7, 11) is 2.21. The molecule has 3 rings (SSSR count). The molecule has 0 amide bonds. The highest BCUT2D eigenvalue weighted by Crippen LogP contribution is 2.42. The first-order valence-electron chi connectivity index (χ1n) is 4.64. The lowest BCUT2D eigenvalue weighted by Crippen LogP contribution is -2.54. The van der Waals surface area contributed by atoms with Gasteiger partial charge in [0.2, 0.25) is 0 Å². The predicted octanol–water partition coefficient (Wildman–Crippen LogP) is 0.851. The Morgan fingerprint density at radius 2 is 2.09 bits per heavy atom. The highest BCUT2D eigenvalue weighted by molar-refractivity contribution is 4.96. The Morgan fingerprint density at radius 3 is 2.64 bits per heavy atom. The number of fused-ring (bicyclic) bond motifs is 2. The molecule has 1 N–H and O–H groups in total. The largest absolute Gasteiger partial charge is 0.396 e. The molecule has 1 unspecified atom stereocenters. The Hall–Kier alpha value is -0.0800. The second-order valence-electron chi connectivity index (χ2n) is 4.06. The van der Waals surface area contributed by atoms with Crippen molar-refractivity contribution in [1.29, 1.82) is 0 Å². The van der Waals surface area contributed by atoms with E-state index >= 15 is 0 Å². The lowest BCUT2D eigenvalue weighted by Gasteiger charge is -2.52. The number of rotatable bonds is 2. The molecule has 0 radical (unpaired) electrons. The zero-order valence-electron chi connectivity index (χ0n) is 7.16. The summed E-state index contributed by atoms with van der Waals surface area (Å²) in [5.74, 6) is 0.993. The second-order valence-corrected chi connectivity index (χ2v) is 4.06. The van der Waals surface area contributed by atoms with E-state index in [-0.39, 0.29) is 0 Å². The Labute approximate surface area is 68.2 Å². The molecule has 64 valence electrons. The number of hydrogen-bond acceptors (Lipinski definition) is 2. The summed E-state index contributed by atoms with van der Waals surface area (Å²) in [5, 5.41) is 8.81. The third-order valence-electron chi connectivity index (χ3n) is 3.43. The molecular formula is C9H17NO. The van der Waals surface area contributed by atoms with Crippen LogP contribution in [0, 0.1) is 5.92 Å². The van der Waals surface area contributed by atoms with Crippen LogP contribution in [0.1, 0.15) is 25.7 Å². The van der Waals surface area contributed by atoms with Crippen molar-refractivity contribution in [3.8, 4) is 0 Å². The van der Waals surface area contributed by atoms with Gasteiger partial charge in [-0.2, -0.15) is 0 Å². The first-order valence-corrected chi connectivity index (χ1v) is 4.64. The number of aliphatic hydroxyl groups is 1. The summed E-state index contributed by atoms with van der Waals surface area (Å²) in [6.45, 7) is 0.356. The number of hydrogen-bond donors (Lipinski definition) is 1. The summed E-state index contributed by atoms with van der Waals surface area (Å²) in [5.41, 5.74) is 0. The molecule has 1 aliphatic carbocycles. The molecule has 1 saturated carbocycles. The van der Waals surface area contributed by atoms with Gasteiger partial charge in [0, 0.05) is 18.7 Å². The number of nitrogens with zero attached hydrogens (tertiary/aromatic N) is 1. The average molecular weight is 155 g/mol. The van der Waals surface area contributed by atoms with E-state index in [1.54, 1.807) is 0 Å². The molecule has 2 heterocycles. The molecular weight excluding hydrogens is 138 g/mol. The van der Waals surface area contributed by atoms with E-state index in [0.29, 0.717) is 12.6 Å². The predicted molar refractivity (Wildman–Crippen MR) is 44.4 cm³/mol. The third kappa shape index (κ3) is 1.18. The normalized spacial score (nSPS) is 43.6. The first kappa shape index (κ1) is 7.56. The van der Waals surface area contributed by atoms with Crippen molar-refractivity contribution in [1.82, 2.24) is 4.90 Å². The van der Waals surface area contributed by atoms with Crippen molar-refractivity contribution < 1.29 is 5.11 Å². The van der Waals surface area contributed by atoms with Gasteiger partial charge in [-0.1, -0.05) is 0 Å². The van der Waals surface area contributed by atoms with Crippen LogP contribution in [0.4, 0.5) is 0 Å². The van der Waals surface area contributed by atoms with Gasteiger partial charge in [-0.25, -0.2) is 0 Å². The Balaban J connectivity index is 1.91. The van der Waals surface area contributed by atoms with E-state index in [0.717, 1.165) is 18.4 Å². The standard InChI is InChI=1S/C9H17NO/c1-10-8(2-3-11)4-7-5-9(10)6-7/h7-9,11H,2-6H2,1H3. The third-order valence-corrected chi connectivity index (χ3v) is 3.43. The van der Waals surface area contributed by atoms with Gasteiger partial charge >= 0.3 is 0 Å². The van der Waals surface area contributed by atoms with Crippen LogP contribution in [0.25, 0.3) is 0 Å². The highest BCUT2D eigenvalue weighted by Gasteiger charge is 2.41. The quantitative estimate of drug-likeness (QED) is 0.639. The fourth-order valence-electron chi connectivity index (χ4n) is 2.55. The van der Waals surface area contributed by atoms with Crippen molar-refractivity contribution in [2.24, 2.45) is 5.92 Å². The molecule has 2 aliphatic heterocycles. The lowest BCUT2D eigenvalue weighted by molar-refractivity contribution is -0.0212. The van der Waals surface area contributed by atoms with Gasteiger partial charge in [-0.3, -0.25) is 0 Å². The molecule has 2 heteroatoms. The van der Waals surface area contributed by atoms with Crippen LogP contribution < -0.4 is 0 Å². The average Bonchev–Trinajstić information content (AvgIpc) is 1.90. The zero-order chi connectivity index (χ0) is 7.84. The summed E-state index contributed by atoms with van der Waals surface area (Å²) in [6, 6.07) is 1.53. The Morgan fingerprint density at radius 1 is 1.36 bits per heavy atom. The van der Waals surface area contributed by atoms with Gasteiger partial charge in [0.1, 0.15) is 0 Å². The van der Waals surface area contributed by atoms with Crippen LogP contribution >= 0.6 is 0 Å². The summed E-state index contributed by atoms with van der Waals surface area (Å²) in [4.78, 5) is 2.47. The minimum Gasteiger partial charge on any atom is -0.396 e. The maximum absolute atomic E-state index is 8.81. The molecule has 0 aromatic rings. The van der Waals surface area contributed by atoms with Crippen molar-refractivity contribution in [2.45, 2.75) is 37.8 Å². The fourth-order valence-corrected chi connectivity index (χ4v) is 2.55. The van der Waals surface area contributed by atoms with Crippen LogP contribution in [-0.4, -0.2) is 35.7 Å². The zero-order valence-corrected chi connectivity index (χ0v) is 7.16. The molecule has 2 saturated heterocycles. The second kappa shape index (κ2) is 2.76. The van der Waals surface area contributed by atoms with Gasteiger partial charge in [0.05, 0.1) is 0 Å². The van der Waals surface area contributed by atoms with Crippen molar-refractivity contribution in [2.75, 3.05) is 13.7 Å². The first-order chi connectivity index (χ1) is 5.31. The van der Waals surface area contributed by atoms with Gasteiger partial charge < -0.3 is 10.0 Å². The van der Waals surface area contributed by atoms with E-state index in [4.69, 9.17) is 5.11 Å². The van der Waals surface area contributed by atoms with Gasteiger partial charge in [-0.15, -0.1) is 0 Å².